The lowest BCUT2D eigenvalue weighted by Gasteiger charge is -2.17. The van der Waals surface area contributed by atoms with Crippen molar-refractivity contribution in [2.75, 3.05) is 0 Å². The van der Waals surface area contributed by atoms with E-state index < -0.39 is 5.97 Å². The Bertz CT molecular complexity index is 1690. The maximum atomic E-state index is 11.6. The number of rotatable bonds is 7. The first-order chi connectivity index (χ1) is 20.2. The second-order valence-corrected chi connectivity index (χ2v) is 11.8. The minimum Gasteiger partial charge on any atom is -0.511 e. The van der Waals surface area contributed by atoms with Gasteiger partial charge in [-0.25, -0.2) is 15.0 Å². The van der Waals surface area contributed by atoms with Gasteiger partial charge in [0.15, 0.2) is 0 Å². The van der Waals surface area contributed by atoms with Crippen molar-refractivity contribution in [2.45, 2.75) is 73.1 Å². The van der Waals surface area contributed by atoms with Gasteiger partial charge in [-0.05, 0) is 73.6 Å². The van der Waals surface area contributed by atoms with E-state index in [1.807, 2.05) is 6.08 Å². The van der Waals surface area contributed by atoms with Crippen LogP contribution in [0.15, 0.2) is 119 Å². The van der Waals surface area contributed by atoms with Gasteiger partial charge in [-0.2, -0.15) is 0 Å². The lowest BCUT2D eigenvalue weighted by atomic mass is 9.86. The van der Waals surface area contributed by atoms with Crippen molar-refractivity contribution >= 4 is 23.1 Å². The van der Waals surface area contributed by atoms with Crippen molar-refractivity contribution in [3.63, 3.8) is 0 Å². The molecule has 3 N–H and O–H groups in total. The average Bonchev–Trinajstić information content (AvgIpc) is 3.70. The van der Waals surface area contributed by atoms with E-state index in [0.29, 0.717) is 18.6 Å². The molecular weight excluding hydrogens is 524 g/mol. The van der Waals surface area contributed by atoms with E-state index in [-0.39, 0.29) is 18.3 Å². The lowest BCUT2D eigenvalue weighted by Crippen LogP contribution is -2.15. The van der Waals surface area contributed by atoms with E-state index in [1.54, 1.807) is 0 Å². The van der Waals surface area contributed by atoms with Gasteiger partial charge in [-0.15, -0.1) is 0 Å². The molecule has 216 valence electrons. The van der Waals surface area contributed by atoms with Gasteiger partial charge >= 0.3 is 5.97 Å². The Morgan fingerprint density at radius 3 is 2.50 bits per heavy atom. The van der Waals surface area contributed by atoms with Crippen LogP contribution in [0.3, 0.4) is 0 Å². The highest BCUT2D eigenvalue weighted by molar-refractivity contribution is 6.21. The molecule has 7 heteroatoms. The van der Waals surface area contributed by atoms with Gasteiger partial charge in [0.2, 0.25) is 0 Å². The van der Waals surface area contributed by atoms with Gasteiger partial charge < -0.3 is 15.5 Å². The van der Waals surface area contributed by atoms with Crippen molar-refractivity contribution in [3.05, 3.63) is 104 Å². The number of nitrogens with one attached hydrogen (secondary N) is 1. The molecule has 1 fully saturated rings. The predicted octanol–water partition coefficient (Wildman–Crippen LogP) is 7.49. The number of hydrogen-bond donors (Lipinski definition) is 3. The number of fused-ring (bicyclic) bond motifs is 5. The molecule has 42 heavy (non-hydrogen) atoms. The van der Waals surface area contributed by atoms with Crippen LogP contribution in [-0.2, 0) is 4.79 Å². The van der Waals surface area contributed by atoms with Crippen LogP contribution in [0.1, 0.15) is 73.1 Å². The number of aliphatic hydroxyl groups excluding tert-OH is 1. The van der Waals surface area contributed by atoms with Crippen LogP contribution in [0.2, 0.25) is 0 Å². The van der Waals surface area contributed by atoms with Gasteiger partial charge in [-0.1, -0.05) is 39.8 Å². The fraction of sp³-hybridized carbons (Fsp3) is 0.371. The molecule has 0 unspecified atom stereocenters. The van der Waals surface area contributed by atoms with Crippen molar-refractivity contribution in [1.82, 2.24) is 5.32 Å². The number of carbonyl (C=O) groups is 1. The number of nitrogens with zero attached hydrogens (tertiary/aromatic N) is 3. The molecule has 0 aromatic heterocycles. The molecule has 6 rings (SSSR count). The summed E-state index contributed by atoms with van der Waals surface area (Å²) < 4.78 is 0. The highest BCUT2D eigenvalue weighted by Crippen LogP contribution is 2.47. The monoisotopic (exact) mass is 562 g/mol. The number of carboxylic acids is 1. The fourth-order valence-electron chi connectivity index (χ4n) is 7.02. The highest BCUT2D eigenvalue weighted by Gasteiger charge is 2.41. The van der Waals surface area contributed by atoms with Crippen LogP contribution in [0.5, 0.6) is 0 Å². The summed E-state index contributed by atoms with van der Waals surface area (Å²) in [5.74, 6) is -0.508. The second kappa shape index (κ2) is 10.5. The number of aliphatic hydroxyl groups is 1. The Morgan fingerprint density at radius 2 is 1.81 bits per heavy atom. The number of carboxylic acid groups (broad SMARTS) is 1. The molecule has 0 saturated carbocycles. The first-order valence-corrected chi connectivity index (χ1v) is 15.0. The minimum absolute atomic E-state index is 0.0359. The summed E-state index contributed by atoms with van der Waals surface area (Å²) in [6.45, 7) is 14.7. The predicted molar refractivity (Wildman–Crippen MR) is 168 cm³/mol. The van der Waals surface area contributed by atoms with E-state index in [4.69, 9.17) is 15.0 Å². The molecule has 0 amide bonds. The number of hydrogen-bond acceptors (Lipinski definition) is 6. The molecule has 0 aromatic rings. The smallest absolute Gasteiger partial charge is 0.303 e. The molecule has 2 atom stereocenters. The van der Waals surface area contributed by atoms with E-state index in [0.717, 1.165) is 98.3 Å². The topological polar surface area (TPSA) is 107 Å². The summed E-state index contributed by atoms with van der Waals surface area (Å²) in [5.41, 5.74) is 14.2. The average molecular weight is 563 g/mol. The molecule has 0 spiro atoms. The first kappa shape index (κ1) is 27.9. The Balaban J connectivity index is 1.62. The van der Waals surface area contributed by atoms with E-state index >= 15 is 0 Å². The fourth-order valence-corrected chi connectivity index (χ4v) is 7.02. The molecule has 6 aliphatic rings. The van der Waals surface area contributed by atoms with Gasteiger partial charge in [0.1, 0.15) is 5.76 Å². The number of aliphatic carboxylic acids is 1. The molecule has 5 heterocycles. The van der Waals surface area contributed by atoms with Crippen molar-refractivity contribution in [2.24, 2.45) is 26.8 Å². The molecule has 5 aliphatic heterocycles. The summed E-state index contributed by atoms with van der Waals surface area (Å²) in [6.07, 6.45) is 11.6. The Labute approximate surface area is 247 Å². The maximum Gasteiger partial charge on any atom is 0.303 e. The van der Waals surface area contributed by atoms with Crippen molar-refractivity contribution in [1.29, 1.82) is 0 Å². The third-order valence-electron chi connectivity index (χ3n) is 9.33. The summed E-state index contributed by atoms with van der Waals surface area (Å²) in [4.78, 5) is 26.9. The number of aliphatic imine (C=N–C) groups is 3. The zero-order valence-electron chi connectivity index (χ0n) is 25.1. The standard InChI is InChI=1S/C35H38N4O3/c1-7-10-22-18(5)26-15-28-20(8-2)17(4)25(36-28)14-27-19(6)23(11-12-32(41)42)34(38-27)24-13-31(40)33-21(9-3)29(39-35(24)33)16-30(22)37-26/h8,14-16,19,23,38,40H,2,7,9-13H2,1,3-6H3,(H,41,42)/t19-,23-/m0/s1. The first-order valence-electron chi connectivity index (χ1n) is 15.0. The zero-order valence-corrected chi connectivity index (χ0v) is 25.1. The Kier molecular flexibility index (Phi) is 7.00. The molecule has 8 bridgehead atoms. The van der Waals surface area contributed by atoms with E-state index in [2.05, 4.69) is 64.7 Å². The van der Waals surface area contributed by atoms with Crippen LogP contribution in [0, 0.1) is 11.8 Å². The summed E-state index contributed by atoms with van der Waals surface area (Å²) in [7, 11) is 0. The van der Waals surface area contributed by atoms with Crippen molar-refractivity contribution < 1.29 is 15.0 Å². The SMILES string of the molecule is C=CC1=C(C)C2=NC1=CC1=NC(=CC3=C(CC)C4=C(O)CC(=C5NC(=C2)[C@@H](C)[C@@H]5CCC(=O)O)C4=N3)C(CCC)=C1C. The zero-order chi connectivity index (χ0) is 29.9. The summed E-state index contributed by atoms with van der Waals surface area (Å²) >= 11 is 0. The summed E-state index contributed by atoms with van der Waals surface area (Å²) in [6, 6.07) is 0. The molecule has 1 saturated heterocycles. The summed E-state index contributed by atoms with van der Waals surface area (Å²) in [5, 5.41) is 24.5. The van der Waals surface area contributed by atoms with E-state index in [9.17, 15) is 15.0 Å². The molecular formula is C35H38N4O3. The largest absolute Gasteiger partial charge is 0.511 e. The maximum absolute atomic E-state index is 11.6. The van der Waals surface area contributed by atoms with Gasteiger partial charge in [0.25, 0.3) is 0 Å². The van der Waals surface area contributed by atoms with Gasteiger partial charge in [-0.3, -0.25) is 4.79 Å². The van der Waals surface area contributed by atoms with Crippen LogP contribution < -0.4 is 5.32 Å². The molecule has 1 aliphatic carbocycles. The molecule has 0 aromatic carbocycles. The third-order valence-corrected chi connectivity index (χ3v) is 9.33. The van der Waals surface area contributed by atoms with Crippen LogP contribution in [-0.4, -0.2) is 33.3 Å². The quantitative estimate of drug-likeness (QED) is 0.299. The molecule has 0 radical (unpaired) electrons. The second-order valence-electron chi connectivity index (χ2n) is 11.8. The minimum atomic E-state index is -0.815. The number of allylic oxidation sites excluding steroid dienone is 12. The lowest BCUT2D eigenvalue weighted by molar-refractivity contribution is -0.137. The van der Waals surface area contributed by atoms with Crippen LogP contribution in [0.4, 0.5) is 0 Å². The van der Waals surface area contributed by atoms with Crippen LogP contribution >= 0.6 is 0 Å². The Hall–Kier alpha value is -4.26. The van der Waals surface area contributed by atoms with Crippen molar-refractivity contribution in [3.8, 4) is 0 Å². The Morgan fingerprint density at radius 1 is 1.07 bits per heavy atom. The van der Waals surface area contributed by atoms with E-state index in [1.165, 1.54) is 5.57 Å². The third kappa shape index (κ3) is 4.34. The molecule has 7 nitrogen and oxygen atoms in total. The normalized spacial score (nSPS) is 24.7. The van der Waals surface area contributed by atoms with Gasteiger partial charge in [0, 0.05) is 52.8 Å². The highest BCUT2D eigenvalue weighted by atomic mass is 16.4. The van der Waals surface area contributed by atoms with Crippen LogP contribution in [0.25, 0.3) is 0 Å². The van der Waals surface area contributed by atoms with Gasteiger partial charge in [0.05, 0.1) is 34.2 Å².